The molecule has 0 aromatic heterocycles. The first-order valence-corrected chi connectivity index (χ1v) is 8.99. The highest BCUT2D eigenvalue weighted by Crippen LogP contribution is 2.31. The summed E-state index contributed by atoms with van der Waals surface area (Å²) in [6.07, 6.45) is 0. The molecule has 10 heteroatoms. The average molecular weight is 398 g/mol. The Morgan fingerprint density at radius 1 is 1.31 bits per heavy atom. The second-order valence-electron chi connectivity index (χ2n) is 5.07. The van der Waals surface area contributed by atoms with E-state index in [0.717, 1.165) is 0 Å². The van der Waals surface area contributed by atoms with Crippen LogP contribution in [0.5, 0.6) is 11.5 Å². The number of hydrogen-bond acceptors (Lipinski definition) is 8. The fraction of sp³-hybridized carbons (Fsp3) is 0.375. The van der Waals surface area contributed by atoms with Gasteiger partial charge in [-0.05, 0) is 12.1 Å². The van der Waals surface area contributed by atoms with E-state index >= 15 is 0 Å². The van der Waals surface area contributed by atoms with Crippen molar-refractivity contribution in [2.45, 2.75) is 0 Å². The molecule has 0 atom stereocenters. The molecular formula is C16H18N2O6S2. The second-order valence-corrected chi connectivity index (χ2v) is 6.68. The Balaban J connectivity index is 1.81. The fourth-order valence-electron chi connectivity index (χ4n) is 2.21. The van der Waals surface area contributed by atoms with Gasteiger partial charge in [0.1, 0.15) is 9.88 Å². The third-order valence-corrected chi connectivity index (χ3v) is 4.89. The van der Waals surface area contributed by atoms with Gasteiger partial charge >= 0.3 is 5.97 Å². The first kappa shape index (κ1) is 20.0. The molecule has 0 radical (unpaired) electrons. The van der Waals surface area contributed by atoms with Crippen molar-refractivity contribution in [2.24, 2.45) is 0 Å². The summed E-state index contributed by atoms with van der Waals surface area (Å²) >= 11 is 6.34. The number of thioether (sulfide) groups is 1. The van der Waals surface area contributed by atoms with Crippen LogP contribution >= 0.6 is 24.0 Å². The van der Waals surface area contributed by atoms with Crippen LogP contribution in [-0.4, -0.2) is 66.7 Å². The number of para-hydroxylation sites is 1. The van der Waals surface area contributed by atoms with Crippen molar-refractivity contribution in [3.05, 3.63) is 23.8 Å². The van der Waals surface area contributed by atoms with Gasteiger partial charge in [-0.2, -0.15) is 0 Å². The average Bonchev–Trinajstić information content (AvgIpc) is 2.97. The van der Waals surface area contributed by atoms with Gasteiger partial charge in [0.15, 0.2) is 18.1 Å². The highest BCUT2D eigenvalue weighted by Gasteiger charge is 2.26. The predicted molar refractivity (Wildman–Crippen MR) is 99.6 cm³/mol. The van der Waals surface area contributed by atoms with Crippen LogP contribution in [0.1, 0.15) is 10.4 Å². The highest BCUT2D eigenvalue weighted by atomic mass is 32.2. The first-order chi connectivity index (χ1) is 12.5. The Hall–Kier alpha value is -2.33. The Bertz CT molecular complexity index is 709. The number of ether oxygens (including phenoxy) is 3. The van der Waals surface area contributed by atoms with Gasteiger partial charge in [-0.15, -0.1) is 0 Å². The normalized spacial score (nSPS) is 13.5. The number of carbonyl (C=O) groups excluding carboxylic acids is 3. The molecular weight excluding hydrogens is 380 g/mol. The predicted octanol–water partition coefficient (Wildman–Crippen LogP) is 0.837. The second kappa shape index (κ2) is 9.39. The van der Waals surface area contributed by atoms with Crippen LogP contribution in [0.4, 0.5) is 0 Å². The minimum Gasteiger partial charge on any atom is -0.493 e. The Morgan fingerprint density at radius 2 is 2.08 bits per heavy atom. The van der Waals surface area contributed by atoms with E-state index in [1.165, 1.54) is 36.9 Å². The van der Waals surface area contributed by atoms with Gasteiger partial charge in [0.25, 0.3) is 5.91 Å². The van der Waals surface area contributed by atoms with E-state index in [2.05, 4.69) is 5.32 Å². The van der Waals surface area contributed by atoms with Crippen LogP contribution in [-0.2, 0) is 14.3 Å². The summed E-state index contributed by atoms with van der Waals surface area (Å²) in [5, 5.41) is 2.57. The number of benzene rings is 1. The van der Waals surface area contributed by atoms with Gasteiger partial charge in [-0.25, -0.2) is 4.79 Å². The van der Waals surface area contributed by atoms with E-state index in [1.807, 2.05) is 0 Å². The summed E-state index contributed by atoms with van der Waals surface area (Å²) in [6, 6.07) is 4.77. The lowest BCUT2D eigenvalue weighted by atomic mass is 10.2. The molecule has 1 saturated heterocycles. The summed E-state index contributed by atoms with van der Waals surface area (Å²) < 4.78 is 15.8. The minimum absolute atomic E-state index is 0.0780. The number of nitrogens with one attached hydrogen (secondary N) is 1. The molecule has 1 aliphatic heterocycles. The molecule has 0 saturated carbocycles. The van der Waals surface area contributed by atoms with Gasteiger partial charge in [0.05, 0.1) is 20.0 Å². The molecule has 1 heterocycles. The largest absolute Gasteiger partial charge is 0.493 e. The maximum atomic E-state index is 12.2. The number of hydrogen-bond donors (Lipinski definition) is 1. The van der Waals surface area contributed by atoms with Crippen LogP contribution in [0.25, 0.3) is 0 Å². The molecule has 1 N–H and O–H groups in total. The van der Waals surface area contributed by atoms with E-state index < -0.39 is 18.5 Å². The van der Waals surface area contributed by atoms with Gasteiger partial charge in [-0.1, -0.05) is 30.0 Å². The molecule has 1 aromatic rings. The number of methoxy groups -OCH3 is 2. The Kier molecular flexibility index (Phi) is 7.22. The van der Waals surface area contributed by atoms with Crippen LogP contribution < -0.4 is 14.8 Å². The molecule has 1 aromatic carbocycles. The Morgan fingerprint density at radius 3 is 2.69 bits per heavy atom. The van der Waals surface area contributed by atoms with Crippen molar-refractivity contribution >= 4 is 46.1 Å². The monoisotopic (exact) mass is 398 g/mol. The van der Waals surface area contributed by atoms with Crippen molar-refractivity contribution in [3.63, 3.8) is 0 Å². The first-order valence-electron chi connectivity index (χ1n) is 7.59. The molecule has 0 aliphatic carbocycles. The summed E-state index contributed by atoms with van der Waals surface area (Å²) in [6.45, 7) is 0.0473. The highest BCUT2D eigenvalue weighted by molar-refractivity contribution is 8.23. The van der Waals surface area contributed by atoms with Gasteiger partial charge in [0, 0.05) is 13.1 Å². The Labute approximate surface area is 160 Å². The quantitative estimate of drug-likeness (QED) is 0.509. The SMILES string of the molecule is COc1cccc(C(=O)OCC(=O)NCCN2C(=O)CSC2=S)c1OC. The fourth-order valence-corrected chi connectivity index (χ4v) is 3.33. The summed E-state index contributed by atoms with van der Waals surface area (Å²) in [4.78, 5) is 37.0. The number of nitrogens with zero attached hydrogens (tertiary/aromatic N) is 1. The van der Waals surface area contributed by atoms with Crippen molar-refractivity contribution in [2.75, 3.05) is 39.7 Å². The summed E-state index contributed by atoms with van der Waals surface area (Å²) in [5.41, 5.74) is 0.157. The van der Waals surface area contributed by atoms with Crippen LogP contribution in [0, 0.1) is 0 Å². The van der Waals surface area contributed by atoms with E-state index in [1.54, 1.807) is 12.1 Å². The van der Waals surface area contributed by atoms with E-state index in [4.69, 9.17) is 26.4 Å². The number of carbonyl (C=O) groups is 3. The van der Waals surface area contributed by atoms with Gasteiger partial charge in [-0.3, -0.25) is 14.5 Å². The molecule has 0 bridgehead atoms. The molecule has 140 valence electrons. The zero-order valence-corrected chi connectivity index (χ0v) is 15.9. The summed E-state index contributed by atoms with van der Waals surface area (Å²) in [5.74, 6) is -0.318. The molecule has 1 aliphatic rings. The van der Waals surface area contributed by atoms with Gasteiger partial charge in [0.2, 0.25) is 5.91 Å². The van der Waals surface area contributed by atoms with Crippen LogP contribution in [0.15, 0.2) is 18.2 Å². The van der Waals surface area contributed by atoms with Gasteiger partial charge < -0.3 is 19.5 Å². The number of rotatable bonds is 8. The standard InChI is InChI=1S/C16H18N2O6S2/c1-22-11-5-3-4-10(14(11)23-2)15(21)24-8-12(19)17-6-7-18-13(20)9-26-16(18)25/h3-5H,6-9H2,1-2H3,(H,17,19). The summed E-state index contributed by atoms with van der Waals surface area (Å²) in [7, 11) is 2.86. The third-order valence-electron chi connectivity index (χ3n) is 3.46. The lowest BCUT2D eigenvalue weighted by Gasteiger charge is -2.15. The van der Waals surface area contributed by atoms with Crippen molar-refractivity contribution in [3.8, 4) is 11.5 Å². The lowest BCUT2D eigenvalue weighted by molar-refractivity contribution is -0.126. The minimum atomic E-state index is -0.705. The molecule has 8 nitrogen and oxygen atoms in total. The van der Waals surface area contributed by atoms with E-state index in [0.29, 0.717) is 15.8 Å². The molecule has 0 spiro atoms. The number of thiocarbonyl (C=S) groups is 1. The lowest BCUT2D eigenvalue weighted by Crippen LogP contribution is -2.38. The molecule has 2 amide bonds. The molecule has 1 fully saturated rings. The van der Waals surface area contributed by atoms with E-state index in [9.17, 15) is 14.4 Å². The smallest absolute Gasteiger partial charge is 0.342 e. The third kappa shape index (κ3) is 4.85. The maximum Gasteiger partial charge on any atom is 0.342 e. The van der Waals surface area contributed by atoms with Crippen molar-refractivity contribution < 1.29 is 28.6 Å². The van der Waals surface area contributed by atoms with E-state index in [-0.39, 0.29) is 30.3 Å². The molecule has 0 unspecified atom stereocenters. The topological polar surface area (TPSA) is 94.2 Å². The van der Waals surface area contributed by atoms with Crippen LogP contribution in [0.3, 0.4) is 0 Å². The van der Waals surface area contributed by atoms with Crippen LogP contribution in [0.2, 0.25) is 0 Å². The number of amides is 2. The van der Waals surface area contributed by atoms with Crippen molar-refractivity contribution in [1.29, 1.82) is 0 Å². The number of esters is 1. The maximum absolute atomic E-state index is 12.2. The molecule has 2 rings (SSSR count). The molecule has 26 heavy (non-hydrogen) atoms. The zero-order valence-electron chi connectivity index (χ0n) is 14.3. The zero-order chi connectivity index (χ0) is 19.1. The van der Waals surface area contributed by atoms with Crippen molar-refractivity contribution in [1.82, 2.24) is 10.2 Å².